The number of carbonyl (C=O) groups excluding carboxylic acids is 2. The lowest BCUT2D eigenvalue weighted by Crippen LogP contribution is -2.53. The van der Waals surface area contributed by atoms with E-state index in [4.69, 9.17) is 25.2 Å². The van der Waals surface area contributed by atoms with Gasteiger partial charge in [0, 0.05) is 12.2 Å². The molecule has 1 unspecified atom stereocenters. The molecule has 23 heteroatoms. The number of nitrogens with zero attached hydrogens (tertiary/aromatic N) is 3. The Morgan fingerprint density at radius 3 is 2.51 bits per heavy atom. The van der Waals surface area contributed by atoms with Crippen LogP contribution in [0.3, 0.4) is 0 Å². The van der Waals surface area contributed by atoms with Crippen LogP contribution in [-0.2, 0) is 33.0 Å². The second-order valence-electron chi connectivity index (χ2n) is 9.11. The number of H-pyrrole nitrogens is 1. The Kier molecular flexibility index (Phi) is 11.2. The van der Waals surface area contributed by atoms with Gasteiger partial charge in [-0.1, -0.05) is 0 Å². The largest absolute Gasteiger partial charge is 0.481 e. The van der Waals surface area contributed by atoms with Gasteiger partial charge < -0.3 is 46.4 Å². The number of hydrogen-bond donors (Lipinski definition) is 11. The first kappa shape index (κ1) is 33.9. The molecule has 0 radical (unpaired) electrons. The standard InChI is InChI=1S/C20H29N8O13PS/c21-20-25-15-12(18(37)26-20)23-6-28(15)19-14(34)13(33)9(41-19)4-40-42(38,39)27-7(1-2-10(29)30)17(36)24-8(5-43)16(35)22-3-11(31)32/h6-9,13-14,19,33-34,43H,1-5H2,(H,22,35)(H,24,36)(H,29,30)(H,31,32)(H2,27,38,39)(H3,21,25,26,37)/t7-,8-,9+,13+,14+,19+/m0/s1. The molecule has 0 aliphatic carbocycles. The normalized spacial score (nSPS) is 22.9. The molecular weight excluding hydrogens is 623 g/mol. The number of fused-ring (bicyclic) bond motifs is 1. The number of thiol groups is 1. The Morgan fingerprint density at radius 1 is 1.19 bits per heavy atom. The first-order chi connectivity index (χ1) is 20.1. The van der Waals surface area contributed by atoms with Crippen LogP contribution in [0.2, 0.25) is 0 Å². The van der Waals surface area contributed by atoms with Crippen molar-refractivity contribution >= 4 is 61.2 Å². The number of imidazole rings is 1. The monoisotopic (exact) mass is 652 g/mol. The van der Waals surface area contributed by atoms with Crippen LogP contribution in [0.25, 0.3) is 11.2 Å². The fourth-order valence-electron chi connectivity index (χ4n) is 3.91. The lowest BCUT2D eigenvalue weighted by atomic mass is 10.1. The van der Waals surface area contributed by atoms with E-state index in [1.165, 1.54) is 0 Å². The summed E-state index contributed by atoms with van der Waals surface area (Å²) < 4.78 is 24.4. The van der Waals surface area contributed by atoms with Crippen LogP contribution in [0.1, 0.15) is 19.1 Å². The number of carbonyl (C=O) groups is 4. The molecule has 0 bridgehead atoms. The second-order valence-corrected chi connectivity index (χ2v) is 11.0. The zero-order valence-corrected chi connectivity index (χ0v) is 23.7. The Balaban J connectivity index is 1.68. The van der Waals surface area contributed by atoms with Crippen LogP contribution >= 0.6 is 20.4 Å². The van der Waals surface area contributed by atoms with E-state index in [0.29, 0.717) is 0 Å². The summed E-state index contributed by atoms with van der Waals surface area (Å²) in [5.41, 5.74) is 4.65. The van der Waals surface area contributed by atoms with Crippen LogP contribution in [0, 0.1) is 0 Å². The summed E-state index contributed by atoms with van der Waals surface area (Å²) >= 11 is 3.91. The van der Waals surface area contributed by atoms with Crippen LogP contribution < -0.4 is 27.0 Å². The average Bonchev–Trinajstić information content (AvgIpc) is 3.47. The number of carboxylic acid groups (broad SMARTS) is 2. The second kappa shape index (κ2) is 14.2. The van der Waals surface area contributed by atoms with Crippen molar-refractivity contribution in [2.75, 3.05) is 24.6 Å². The van der Waals surface area contributed by atoms with E-state index in [9.17, 15) is 43.6 Å². The van der Waals surface area contributed by atoms with Gasteiger partial charge in [-0.25, -0.2) is 14.6 Å². The summed E-state index contributed by atoms with van der Waals surface area (Å²) in [7, 11) is -4.96. The lowest BCUT2D eigenvalue weighted by molar-refractivity contribution is -0.138. The fraction of sp³-hybridized carbons (Fsp3) is 0.550. The third-order valence-electron chi connectivity index (χ3n) is 5.99. The molecular formula is C20H29N8O13PS. The van der Waals surface area contributed by atoms with Gasteiger partial charge in [-0.2, -0.15) is 17.6 Å². The van der Waals surface area contributed by atoms with E-state index in [2.05, 4.69) is 32.9 Å². The number of anilines is 1. The molecule has 11 N–H and O–H groups in total. The Bertz CT molecular complexity index is 1470. The van der Waals surface area contributed by atoms with Gasteiger partial charge in [0.25, 0.3) is 5.56 Å². The summed E-state index contributed by atoms with van der Waals surface area (Å²) in [4.78, 5) is 79.2. The quantitative estimate of drug-likeness (QED) is 0.0642. The fourth-order valence-corrected chi connectivity index (χ4v) is 5.23. The lowest BCUT2D eigenvalue weighted by Gasteiger charge is -2.24. The first-order valence-corrected chi connectivity index (χ1v) is 14.5. The summed E-state index contributed by atoms with van der Waals surface area (Å²) in [6.45, 7) is -1.59. The third-order valence-corrected chi connectivity index (χ3v) is 7.49. The molecule has 7 atom stereocenters. The van der Waals surface area contributed by atoms with Crippen molar-refractivity contribution in [1.82, 2.24) is 35.2 Å². The van der Waals surface area contributed by atoms with Crippen molar-refractivity contribution in [3.05, 3.63) is 16.7 Å². The van der Waals surface area contributed by atoms with Crippen LogP contribution in [-0.4, -0.2) is 118 Å². The number of aromatic nitrogens is 4. The molecule has 2 aromatic heterocycles. The Hall–Kier alpha value is -3.63. The van der Waals surface area contributed by atoms with Crippen molar-refractivity contribution in [2.24, 2.45) is 0 Å². The summed E-state index contributed by atoms with van der Waals surface area (Å²) in [6, 6.07) is -3.09. The molecule has 238 valence electrons. The molecule has 2 amide bonds. The first-order valence-electron chi connectivity index (χ1n) is 12.2. The summed E-state index contributed by atoms with van der Waals surface area (Å²) in [6.07, 6.45) is -6.25. The highest BCUT2D eigenvalue weighted by molar-refractivity contribution is 7.80. The van der Waals surface area contributed by atoms with E-state index < -0.39 is 99.7 Å². The number of ether oxygens (including phenoxy) is 1. The minimum absolute atomic E-state index is 0.0861. The molecule has 2 aromatic rings. The zero-order chi connectivity index (χ0) is 32.1. The van der Waals surface area contributed by atoms with Crippen molar-refractivity contribution in [3.8, 4) is 0 Å². The number of nitrogens with one attached hydrogen (secondary N) is 4. The average molecular weight is 653 g/mol. The van der Waals surface area contributed by atoms with Gasteiger partial charge in [0.2, 0.25) is 17.8 Å². The number of carboxylic acids is 2. The molecule has 43 heavy (non-hydrogen) atoms. The van der Waals surface area contributed by atoms with E-state index in [1.54, 1.807) is 0 Å². The van der Waals surface area contributed by atoms with Gasteiger partial charge in [-0.3, -0.25) is 38.0 Å². The number of nitrogens with two attached hydrogens (primary N) is 1. The maximum absolute atomic E-state index is 12.8. The highest BCUT2D eigenvalue weighted by Crippen LogP contribution is 2.40. The van der Waals surface area contributed by atoms with E-state index in [1.807, 2.05) is 10.4 Å². The number of aliphatic hydroxyl groups excluding tert-OH is 2. The molecule has 1 fully saturated rings. The minimum atomic E-state index is -4.96. The molecule has 1 saturated heterocycles. The molecule has 0 aromatic carbocycles. The van der Waals surface area contributed by atoms with Gasteiger partial charge in [-0.05, 0) is 6.42 Å². The number of aliphatic hydroxyl groups is 2. The number of nitrogen functional groups attached to an aromatic ring is 1. The van der Waals surface area contributed by atoms with Crippen molar-refractivity contribution in [2.45, 2.75) is 49.5 Å². The summed E-state index contributed by atoms with van der Waals surface area (Å²) in [5.74, 6) is -5.32. The zero-order valence-electron chi connectivity index (χ0n) is 21.9. The molecule has 0 saturated carbocycles. The number of aliphatic carboxylic acids is 2. The predicted octanol–water partition coefficient (Wildman–Crippen LogP) is -4.12. The van der Waals surface area contributed by atoms with E-state index in [0.717, 1.165) is 10.9 Å². The van der Waals surface area contributed by atoms with Crippen molar-refractivity contribution in [1.29, 1.82) is 0 Å². The maximum Gasteiger partial charge on any atom is 0.403 e. The van der Waals surface area contributed by atoms with Gasteiger partial charge in [0.1, 0.15) is 30.9 Å². The maximum atomic E-state index is 12.8. The smallest absolute Gasteiger partial charge is 0.403 e. The minimum Gasteiger partial charge on any atom is -0.481 e. The van der Waals surface area contributed by atoms with E-state index >= 15 is 0 Å². The Morgan fingerprint density at radius 2 is 1.88 bits per heavy atom. The summed E-state index contributed by atoms with van der Waals surface area (Å²) in [5, 5.41) is 44.9. The highest BCUT2D eigenvalue weighted by Gasteiger charge is 2.45. The molecule has 3 rings (SSSR count). The van der Waals surface area contributed by atoms with Crippen LogP contribution in [0.5, 0.6) is 0 Å². The number of amides is 2. The molecule has 1 aliphatic heterocycles. The van der Waals surface area contributed by atoms with Gasteiger partial charge in [0.15, 0.2) is 17.4 Å². The van der Waals surface area contributed by atoms with Crippen molar-refractivity contribution in [3.63, 3.8) is 0 Å². The van der Waals surface area contributed by atoms with Gasteiger partial charge in [0.05, 0.1) is 19.0 Å². The molecule has 1 aliphatic rings. The number of hydrogen-bond acceptors (Lipinski definition) is 14. The van der Waals surface area contributed by atoms with Crippen LogP contribution in [0.4, 0.5) is 5.95 Å². The van der Waals surface area contributed by atoms with Crippen LogP contribution in [0.15, 0.2) is 11.1 Å². The highest BCUT2D eigenvalue weighted by atomic mass is 32.1. The van der Waals surface area contributed by atoms with Gasteiger partial charge in [-0.15, -0.1) is 0 Å². The number of aromatic amines is 1. The predicted molar refractivity (Wildman–Crippen MR) is 144 cm³/mol. The Labute approximate surface area is 245 Å². The molecule has 3 heterocycles. The topological polar surface area (TPSA) is 331 Å². The molecule has 21 nitrogen and oxygen atoms in total. The van der Waals surface area contributed by atoms with E-state index in [-0.39, 0.29) is 22.9 Å². The SMILES string of the molecule is Nc1nc2c(ncn2[C@@H]2O[C@H](COP(=O)(O)N[C@@H](CCC(=O)O)C(=O)N[C@@H](CS)C(=O)NCC(=O)O)[C@@H](O)[C@H]2O)c(=O)[nH]1. The van der Waals surface area contributed by atoms with Crippen molar-refractivity contribution < 1.29 is 58.3 Å². The molecule has 0 spiro atoms. The number of rotatable bonds is 15. The van der Waals surface area contributed by atoms with Gasteiger partial charge >= 0.3 is 19.7 Å². The third kappa shape index (κ3) is 8.70.